The number of phosphoric ester groups is 2. The summed E-state index contributed by atoms with van der Waals surface area (Å²) in [5.74, 6) is -1.23. The van der Waals surface area contributed by atoms with Crippen LogP contribution in [0.1, 0.15) is 465 Å². The molecular weight excluding hydrogens is 1370 g/mol. The second kappa shape index (κ2) is 78.7. The smallest absolute Gasteiger partial charge is 0.462 e. The van der Waals surface area contributed by atoms with Crippen molar-refractivity contribution in [3.05, 3.63) is 0 Å². The number of carbonyl (C=O) groups excluding carboxylic acids is 4. The van der Waals surface area contributed by atoms with Crippen molar-refractivity contribution < 1.29 is 80.2 Å². The first-order chi connectivity index (χ1) is 51.1. The molecule has 0 rings (SSSR count). The highest BCUT2D eigenvalue weighted by atomic mass is 31.2. The van der Waals surface area contributed by atoms with E-state index in [9.17, 15) is 43.2 Å². The summed E-state index contributed by atoms with van der Waals surface area (Å²) in [6, 6.07) is 0. The molecule has 0 saturated carbocycles. The van der Waals surface area contributed by atoms with E-state index < -0.39 is 97.5 Å². The van der Waals surface area contributed by atoms with E-state index in [-0.39, 0.29) is 25.7 Å². The molecule has 3 unspecified atom stereocenters. The van der Waals surface area contributed by atoms with Crippen LogP contribution in [0.25, 0.3) is 0 Å². The number of ether oxygens (including phenoxy) is 4. The molecule has 3 N–H and O–H groups in total. The Bertz CT molecular complexity index is 2000. The Labute approximate surface area is 645 Å². The summed E-state index contributed by atoms with van der Waals surface area (Å²) in [7, 11) is -9.92. The van der Waals surface area contributed by atoms with Gasteiger partial charge in [-0.3, -0.25) is 37.3 Å². The van der Waals surface area contributed by atoms with E-state index in [1.807, 2.05) is 0 Å². The lowest BCUT2D eigenvalue weighted by molar-refractivity contribution is -0.161. The minimum Gasteiger partial charge on any atom is -0.462 e. The molecule has 0 amide bonds. The third-order valence-electron chi connectivity index (χ3n) is 20.6. The van der Waals surface area contributed by atoms with Crippen LogP contribution in [0.4, 0.5) is 0 Å². The molecule has 105 heavy (non-hydrogen) atoms. The Hall–Kier alpha value is -1.94. The van der Waals surface area contributed by atoms with Gasteiger partial charge in [-0.05, 0) is 31.6 Å². The molecule has 0 fully saturated rings. The van der Waals surface area contributed by atoms with Gasteiger partial charge in [-0.25, -0.2) is 9.13 Å². The topological polar surface area (TPSA) is 237 Å². The Kier molecular flexibility index (Phi) is 77.3. The predicted octanol–water partition coefficient (Wildman–Crippen LogP) is 26.4. The molecule has 0 radical (unpaired) electrons. The summed E-state index contributed by atoms with van der Waals surface area (Å²) in [5, 5.41) is 10.7. The van der Waals surface area contributed by atoms with E-state index in [2.05, 4.69) is 34.6 Å². The highest BCUT2D eigenvalue weighted by molar-refractivity contribution is 7.47. The van der Waals surface area contributed by atoms with Gasteiger partial charge in [-0.15, -0.1) is 0 Å². The van der Waals surface area contributed by atoms with Gasteiger partial charge in [0.05, 0.1) is 26.4 Å². The first-order valence-corrected chi connectivity index (χ1v) is 47.7. The van der Waals surface area contributed by atoms with Gasteiger partial charge in [0.2, 0.25) is 0 Å². The molecule has 0 spiro atoms. The maximum absolute atomic E-state index is 13.1. The van der Waals surface area contributed by atoms with Crippen molar-refractivity contribution in [1.82, 2.24) is 0 Å². The standard InChI is InChI=1S/C86H168O17P2/c1-6-10-13-16-19-22-24-26-27-28-29-30-31-35-38-42-45-50-55-60-65-70-84(89)97-76-82(103-86(91)72-67-62-57-52-47-43-39-36-33-32-34-37-41-44-49-53-58-63-68-79(5)9-4)78-101-105(94,95)99-74-80(87)73-98-104(92,93)100-77-81(75-96-83(88)69-64-59-54-48-21-18-15-12-8-3)102-85(90)71-66-61-56-51-46-40-25-23-20-17-14-11-7-2/h79-82,87H,6-78H2,1-5H3,(H,92,93)(H,94,95)/t79?,80-,81+,82+/m0/s1. The third kappa shape index (κ3) is 78.5. The lowest BCUT2D eigenvalue weighted by atomic mass is 9.99. The van der Waals surface area contributed by atoms with E-state index in [1.54, 1.807) is 0 Å². The Morgan fingerprint density at radius 3 is 0.676 bits per heavy atom. The largest absolute Gasteiger partial charge is 0.472 e. The van der Waals surface area contributed by atoms with Crippen molar-refractivity contribution in [2.75, 3.05) is 39.6 Å². The number of hydrogen-bond donors (Lipinski definition) is 3. The zero-order valence-electron chi connectivity index (χ0n) is 68.9. The van der Waals surface area contributed by atoms with Crippen molar-refractivity contribution in [3.8, 4) is 0 Å². The van der Waals surface area contributed by atoms with Crippen molar-refractivity contribution in [1.29, 1.82) is 0 Å². The van der Waals surface area contributed by atoms with E-state index in [1.165, 1.54) is 289 Å². The summed E-state index contributed by atoms with van der Waals surface area (Å²) < 4.78 is 68.8. The summed E-state index contributed by atoms with van der Waals surface area (Å²) in [5.41, 5.74) is 0. The molecule has 0 aliphatic carbocycles. The maximum Gasteiger partial charge on any atom is 0.472 e. The van der Waals surface area contributed by atoms with Crippen LogP contribution in [-0.4, -0.2) is 96.7 Å². The summed E-state index contributed by atoms with van der Waals surface area (Å²) in [4.78, 5) is 73.1. The van der Waals surface area contributed by atoms with Gasteiger partial charge in [-0.2, -0.15) is 0 Å². The minimum atomic E-state index is -4.96. The molecular formula is C86H168O17P2. The number of carbonyl (C=O) groups is 4. The average molecular weight is 1540 g/mol. The number of aliphatic hydroxyl groups excluding tert-OH is 1. The average Bonchev–Trinajstić information content (AvgIpc) is 1.01. The zero-order chi connectivity index (χ0) is 76.9. The highest BCUT2D eigenvalue weighted by Crippen LogP contribution is 2.45. The quantitative estimate of drug-likeness (QED) is 0.0222. The molecule has 0 aliphatic heterocycles. The van der Waals surface area contributed by atoms with Crippen molar-refractivity contribution in [2.24, 2.45) is 5.92 Å². The highest BCUT2D eigenvalue weighted by Gasteiger charge is 2.30. The van der Waals surface area contributed by atoms with E-state index in [0.29, 0.717) is 25.7 Å². The molecule has 0 aromatic rings. The molecule has 0 aromatic heterocycles. The Morgan fingerprint density at radius 2 is 0.457 bits per heavy atom. The Morgan fingerprint density at radius 1 is 0.267 bits per heavy atom. The fourth-order valence-corrected chi connectivity index (χ4v) is 15.0. The van der Waals surface area contributed by atoms with Gasteiger partial charge in [-0.1, -0.05) is 413 Å². The molecule has 19 heteroatoms. The number of esters is 4. The second-order valence-electron chi connectivity index (χ2n) is 31.2. The van der Waals surface area contributed by atoms with Crippen LogP contribution in [0.2, 0.25) is 0 Å². The first-order valence-electron chi connectivity index (χ1n) is 44.7. The monoisotopic (exact) mass is 1540 g/mol. The van der Waals surface area contributed by atoms with Crippen LogP contribution in [-0.2, 0) is 65.4 Å². The summed E-state index contributed by atoms with van der Waals surface area (Å²) in [6.07, 6.45) is 72.3. The lowest BCUT2D eigenvalue weighted by Crippen LogP contribution is -2.30. The van der Waals surface area contributed by atoms with E-state index in [0.717, 1.165) is 95.8 Å². The lowest BCUT2D eigenvalue weighted by Gasteiger charge is -2.21. The van der Waals surface area contributed by atoms with Gasteiger partial charge in [0.1, 0.15) is 19.3 Å². The zero-order valence-corrected chi connectivity index (χ0v) is 70.7. The van der Waals surface area contributed by atoms with Gasteiger partial charge in [0, 0.05) is 25.7 Å². The number of hydrogen-bond acceptors (Lipinski definition) is 15. The molecule has 0 aliphatic rings. The van der Waals surface area contributed by atoms with E-state index in [4.69, 9.17) is 37.0 Å². The van der Waals surface area contributed by atoms with Crippen molar-refractivity contribution in [3.63, 3.8) is 0 Å². The molecule has 0 aromatic carbocycles. The number of unbranched alkanes of at least 4 members (excludes halogenated alkanes) is 57. The summed E-state index contributed by atoms with van der Waals surface area (Å²) >= 11 is 0. The van der Waals surface area contributed by atoms with Crippen LogP contribution >= 0.6 is 15.6 Å². The van der Waals surface area contributed by atoms with Crippen LogP contribution in [0.3, 0.4) is 0 Å². The maximum atomic E-state index is 13.1. The van der Waals surface area contributed by atoms with Gasteiger partial charge < -0.3 is 33.8 Å². The van der Waals surface area contributed by atoms with Crippen LogP contribution in [0, 0.1) is 5.92 Å². The molecule has 17 nitrogen and oxygen atoms in total. The number of rotatable bonds is 86. The number of aliphatic hydroxyl groups is 1. The SMILES string of the molecule is CCCCCCCCCCCCCCCCCCCCCCCC(=O)OC[C@H](COP(=O)(O)OC[C@@H](O)COP(=O)(O)OC[C@@H](COC(=O)CCCCCCCCCCC)OC(=O)CCCCCCCCCCCCCCC)OC(=O)CCCCCCCCCCCCCCCCCCCCC(C)CC. The fourth-order valence-electron chi connectivity index (χ4n) is 13.4. The second-order valence-corrected chi connectivity index (χ2v) is 34.1. The van der Waals surface area contributed by atoms with Gasteiger partial charge >= 0.3 is 39.5 Å². The van der Waals surface area contributed by atoms with E-state index >= 15 is 0 Å². The minimum absolute atomic E-state index is 0.108. The van der Waals surface area contributed by atoms with Crippen molar-refractivity contribution in [2.45, 2.75) is 483 Å². The van der Waals surface area contributed by atoms with Crippen LogP contribution < -0.4 is 0 Å². The number of phosphoric acid groups is 2. The van der Waals surface area contributed by atoms with Crippen LogP contribution in [0.15, 0.2) is 0 Å². The van der Waals surface area contributed by atoms with Crippen LogP contribution in [0.5, 0.6) is 0 Å². The third-order valence-corrected chi connectivity index (χ3v) is 22.5. The van der Waals surface area contributed by atoms with Crippen molar-refractivity contribution >= 4 is 39.5 Å². The molecule has 0 bridgehead atoms. The molecule has 0 heterocycles. The predicted molar refractivity (Wildman–Crippen MR) is 432 cm³/mol. The van der Waals surface area contributed by atoms with Gasteiger partial charge in [0.25, 0.3) is 0 Å². The Balaban J connectivity index is 5.18. The van der Waals surface area contributed by atoms with Gasteiger partial charge in [0.15, 0.2) is 12.2 Å². The summed E-state index contributed by atoms with van der Waals surface area (Å²) in [6.45, 7) is 7.41. The molecule has 624 valence electrons. The molecule has 6 atom stereocenters. The molecule has 0 saturated heterocycles. The fraction of sp³-hybridized carbons (Fsp3) is 0.953. The first kappa shape index (κ1) is 103. The normalized spacial score (nSPS) is 14.0.